The van der Waals surface area contributed by atoms with E-state index in [2.05, 4.69) is 20.7 Å². The third-order valence-electron chi connectivity index (χ3n) is 3.03. The average Bonchev–Trinajstić information content (AvgIpc) is 2.46. The van der Waals surface area contributed by atoms with Crippen molar-refractivity contribution >= 4 is 37.3 Å². The van der Waals surface area contributed by atoms with Gasteiger partial charge in [-0.05, 0) is 53.1 Å². The molecule has 1 atom stereocenters. The van der Waals surface area contributed by atoms with E-state index < -0.39 is 10.0 Å². The van der Waals surface area contributed by atoms with Gasteiger partial charge in [-0.25, -0.2) is 13.1 Å². The van der Waals surface area contributed by atoms with Crippen LogP contribution in [0.3, 0.4) is 0 Å². The van der Waals surface area contributed by atoms with E-state index >= 15 is 0 Å². The zero-order chi connectivity index (χ0) is 11.8. The molecule has 16 heavy (non-hydrogen) atoms. The normalized spacial score (nSPS) is 19.4. The first kappa shape index (κ1) is 12.5. The fourth-order valence-electron chi connectivity index (χ4n) is 1.81. The van der Waals surface area contributed by atoms with E-state index in [0.717, 1.165) is 12.8 Å². The molecule has 90 valence electrons. The monoisotopic (exact) mass is 323 g/mol. The summed E-state index contributed by atoms with van der Waals surface area (Å²) in [5.41, 5.74) is 0. The van der Waals surface area contributed by atoms with Gasteiger partial charge in [0.15, 0.2) is 0 Å². The minimum Gasteiger partial charge on any atom is -0.207 e. The van der Waals surface area contributed by atoms with Gasteiger partial charge in [0.05, 0.1) is 0 Å². The molecular formula is C10H14BrNO2S2. The van der Waals surface area contributed by atoms with E-state index in [-0.39, 0.29) is 6.04 Å². The summed E-state index contributed by atoms with van der Waals surface area (Å²) in [7, 11) is -3.35. The smallest absolute Gasteiger partial charge is 0.207 e. The van der Waals surface area contributed by atoms with Crippen LogP contribution in [-0.4, -0.2) is 14.5 Å². The number of rotatable bonds is 4. The van der Waals surface area contributed by atoms with Crippen LogP contribution in [0.1, 0.15) is 26.2 Å². The molecular weight excluding hydrogens is 310 g/mol. The van der Waals surface area contributed by atoms with Gasteiger partial charge in [-0.3, -0.25) is 0 Å². The third kappa shape index (κ3) is 2.50. The van der Waals surface area contributed by atoms with Crippen molar-refractivity contribution in [3.8, 4) is 0 Å². The van der Waals surface area contributed by atoms with Crippen LogP contribution in [0, 0.1) is 5.92 Å². The Morgan fingerprint density at radius 3 is 2.69 bits per heavy atom. The van der Waals surface area contributed by atoms with E-state index in [1.807, 2.05) is 6.92 Å². The quantitative estimate of drug-likeness (QED) is 0.925. The van der Waals surface area contributed by atoms with Crippen molar-refractivity contribution in [3.05, 3.63) is 15.9 Å². The minimum absolute atomic E-state index is 0.0350. The number of sulfonamides is 1. The van der Waals surface area contributed by atoms with Gasteiger partial charge in [0, 0.05) is 10.5 Å². The predicted octanol–water partition coefficient (Wildman–Crippen LogP) is 2.98. The molecule has 0 amide bonds. The summed E-state index contributed by atoms with van der Waals surface area (Å²) >= 11 is 4.49. The summed E-state index contributed by atoms with van der Waals surface area (Å²) in [6.45, 7) is 1.95. The molecule has 0 aliphatic heterocycles. The van der Waals surface area contributed by atoms with Gasteiger partial charge in [-0.1, -0.05) is 6.42 Å². The second-order valence-corrected chi connectivity index (χ2v) is 7.84. The number of hydrogen-bond acceptors (Lipinski definition) is 3. The Balaban J connectivity index is 2.11. The van der Waals surface area contributed by atoms with Crippen molar-refractivity contribution in [3.63, 3.8) is 0 Å². The molecule has 0 spiro atoms. The standard InChI is InChI=1S/C10H14BrNO2S2/c1-7(8-3-2-4-8)12-16(13,14)10-9(11)5-6-15-10/h5-8,12H,2-4H2,1H3. The van der Waals surface area contributed by atoms with E-state index in [1.165, 1.54) is 17.8 Å². The maximum absolute atomic E-state index is 12.0. The molecule has 0 bridgehead atoms. The maximum atomic E-state index is 12.0. The van der Waals surface area contributed by atoms with Crippen molar-refractivity contribution in [2.75, 3.05) is 0 Å². The number of nitrogens with one attached hydrogen (secondary N) is 1. The van der Waals surface area contributed by atoms with Gasteiger partial charge in [0.25, 0.3) is 10.0 Å². The van der Waals surface area contributed by atoms with Gasteiger partial charge >= 0.3 is 0 Å². The molecule has 1 heterocycles. The molecule has 1 aromatic heterocycles. The zero-order valence-corrected chi connectivity index (χ0v) is 12.2. The van der Waals surface area contributed by atoms with Crippen LogP contribution in [0.5, 0.6) is 0 Å². The number of hydrogen-bond donors (Lipinski definition) is 1. The van der Waals surface area contributed by atoms with E-state index in [4.69, 9.17) is 0 Å². The van der Waals surface area contributed by atoms with Crippen molar-refractivity contribution in [1.29, 1.82) is 0 Å². The Morgan fingerprint density at radius 1 is 1.56 bits per heavy atom. The van der Waals surface area contributed by atoms with E-state index in [9.17, 15) is 8.42 Å². The molecule has 0 aromatic carbocycles. The fraction of sp³-hybridized carbons (Fsp3) is 0.600. The highest BCUT2D eigenvalue weighted by molar-refractivity contribution is 9.10. The second-order valence-electron chi connectivity index (χ2n) is 4.16. The van der Waals surface area contributed by atoms with E-state index in [0.29, 0.717) is 14.6 Å². The fourth-order valence-corrected chi connectivity index (χ4v) is 5.47. The van der Waals surface area contributed by atoms with Gasteiger partial charge in [0.1, 0.15) is 4.21 Å². The SMILES string of the molecule is CC(NS(=O)(=O)c1sccc1Br)C1CCC1. The highest BCUT2D eigenvalue weighted by atomic mass is 79.9. The van der Waals surface area contributed by atoms with Crippen molar-refractivity contribution < 1.29 is 8.42 Å². The Labute approximate surface area is 108 Å². The van der Waals surface area contributed by atoms with Crippen LogP contribution in [0.2, 0.25) is 0 Å². The minimum atomic E-state index is -3.35. The van der Waals surface area contributed by atoms with Crippen LogP contribution in [0.4, 0.5) is 0 Å². The lowest BCUT2D eigenvalue weighted by atomic mass is 9.81. The lowest BCUT2D eigenvalue weighted by Gasteiger charge is -2.31. The summed E-state index contributed by atoms with van der Waals surface area (Å²) in [4.78, 5) is 0. The van der Waals surface area contributed by atoms with Crippen LogP contribution >= 0.6 is 27.3 Å². The van der Waals surface area contributed by atoms with Crippen molar-refractivity contribution in [2.45, 2.75) is 36.4 Å². The zero-order valence-electron chi connectivity index (χ0n) is 8.94. The predicted molar refractivity (Wildman–Crippen MR) is 69.1 cm³/mol. The summed E-state index contributed by atoms with van der Waals surface area (Å²) in [6.07, 6.45) is 3.49. The molecule has 1 aromatic rings. The molecule has 3 nitrogen and oxygen atoms in total. The second kappa shape index (κ2) is 4.76. The molecule has 1 fully saturated rings. The first-order valence-electron chi connectivity index (χ1n) is 5.26. The van der Waals surface area contributed by atoms with Gasteiger partial charge in [0.2, 0.25) is 0 Å². The highest BCUT2D eigenvalue weighted by Gasteiger charge is 2.29. The molecule has 0 radical (unpaired) electrons. The number of thiophene rings is 1. The molecule has 2 rings (SSSR count). The number of halogens is 1. The van der Waals surface area contributed by atoms with Crippen molar-refractivity contribution in [2.24, 2.45) is 5.92 Å². The van der Waals surface area contributed by atoms with Crippen LogP contribution in [-0.2, 0) is 10.0 Å². The molecule has 6 heteroatoms. The Kier molecular flexibility index (Phi) is 3.73. The molecule has 1 aliphatic carbocycles. The summed E-state index contributed by atoms with van der Waals surface area (Å²) < 4.78 is 27.8. The van der Waals surface area contributed by atoms with Crippen LogP contribution in [0.15, 0.2) is 20.1 Å². The Hall–Kier alpha value is 0.0900. The molecule has 1 N–H and O–H groups in total. The third-order valence-corrected chi connectivity index (χ3v) is 7.26. The Bertz CT molecular complexity index is 465. The maximum Gasteiger partial charge on any atom is 0.251 e. The summed E-state index contributed by atoms with van der Waals surface area (Å²) in [5, 5.41) is 1.77. The highest BCUT2D eigenvalue weighted by Crippen LogP contribution is 2.32. The summed E-state index contributed by atoms with van der Waals surface area (Å²) in [6, 6.07) is 1.79. The average molecular weight is 324 g/mol. The lowest BCUT2D eigenvalue weighted by Crippen LogP contribution is -2.40. The van der Waals surface area contributed by atoms with Gasteiger partial charge in [-0.2, -0.15) is 0 Å². The first-order chi connectivity index (χ1) is 7.50. The molecule has 1 aliphatic rings. The largest absolute Gasteiger partial charge is 0.251 e. The van der Waals surface area contributed by atoms with Gasteiger partial charge in [-0.15, -0.1) is 11.3 Å². The molecule has 1 saturated carbocycles. The van der Waals surface area contributed by atoms with Crippen LogP contribution < -0.4 is 4.72 Å². The van der Waals surface area contributed by atoms with Crippen LogP contribution in [0.25, 0.3) is 0 Å². The first-order valence-corrected chi connectivity index (χ1v) is 8.41. The van der Waals surface area contributed by atoms with E-state index in [1.54, 1.807) is 11.4 Å². The van der Waals surface area contributed by atoms with Gasteiger partial charge < -0.3 is 0 Å². The summed E-state index contributed by atoms with van der Waals surface area (Å²) in [5.74, 6) is 0.508. The lowest BCUT2D eigenvalue weighted by molar-refractivity contribution is 0.260. The Morgan fingerprint density at radius 2 is 2.25 bits per heavy atom. The molecule has 1 unspecified atom stereocenters. The topological polar surface area (TPSA) is 46.2 Å². The van der Waals surface area contributed by atoms with Crippen molar-refractivity contribution in [1.82, 2.24) is 4.72 Å². The molecule has 0 saturated heterocycles.